The summed E-state index contributed by atoms with van der Waals surface area (Å²) in [4.78, 5) is 16.7. The molecule has 0 aliphatic rings. The Morgan fingerprint density at radius 2 is 1.96 bits per heavy atom. The van der Waals surface area contributed by atoms with E-state index >= 15 is 0 Å². The van der Waals surface area contributed by atoms with Crippen molar-refractivity contribution in [3.8, 4) is 11.4 Å². The van der Waals surface area contributed by atoms with Gasteiger partial charge >= 0.3 is 0 Å². The summed E-state index contributed by atoms with van der Waals surface area (Å²) < 4.78 is 5.11. The van der Waals surface area contributed by atoms with Crippen molar-refractivity contribution in [2.24, 2.45) is 0 Å². The molecule has 1 amide bonds. The number of nitrogens with one attached hydrogen (secondary N) is 2. The number of anilines is 1. The Labute approximate surface area is 143 Å². The van der Waals surface area contributed by atoms with Crippen LogP contribution in [0.2, 0.25) is 5.02 Å². The van der Waals surface area contributed by atoms with Gasteiger partial charge in [0.05, 0.1) is 11.6 Å². The van der Waals surface area contributed by atoms with Crippen molar-refractivity contribution in [1.82, 2.24) is 15.2 Å². The van der Waals surface area contributed by atoms with Gasteiger partial charge in [0.15, 0.2) is 5.82 Å². The molecular weight excluding hydrogens is 328 g/mol. The number of hydrogen-bond donors (Lipinski definition) is 2. The second-order valence-corrected chi connectivity index (χ2v) is 5.44. The van der Waals surface area contributed by atoms with E-state index in [0.29, 0.717) is 28.6 Å². The number of methoxy groups -OCH3 is 1. The molecule has 0 bridgehead atoms. The molecule has 0 aliphatic carbocycles. The summed E-state index contributed by atoms with van der Waals surface area (Å²) >= 11 is 6.14. The fraction of sp³-hybridized carbons (Fsp3) is 0.118. The first-order chi connectivity index (χ1) is 11.7. The number of amides is 1. The van der Waals surface area contributed by atoms with Crippen LogP contribution >= 0.6 is 11.6 Å². The molecule has 6 nitrogen and oxygen atoms in total. The van der Waals surface area contributed by atoms with Crippen LogP contribution in [-0.4, -0.2) is 28.2 Å². The molecule has 2 aromatic carbocycles. The average molecular weight is 343 g/mol. The van der Waals surface area contributed by atoms with Crippen molar-refractivity contribution < 1.29 is 9.53 Å². The largest absolute Gasteiger partial charge is 0.380 e. The second-order valence-electron chi connectivity index (χ2n) is 5.03. The van der Waals surface area contributed by atoms with Crippen LogP contribution in [0.3, 0.4) is 0 Å². The number of benzene rings is 2. The minimum absolute atomic E-state index is 0.183. The van der Waals surface area contributed by atoms with Crippen LogP contribution in [0.15, 0.2) is 48.5 Å². The molecular formula is C17H15ClN4O2. The zero-order valence-electron chi connectivity index (χ0n) is 12.9. The van der Waals surface area contributed by atoms with Crippen molar-refractivity contribution in [3.63, 3.8) is 0 Å². The van der Waals surface area contributed by atoms with E-state index in [-0.39, 0.29) is 11.9 Å². The number of carbonyl (C=O) groups is 1. The van der Waals surface area contributed by atoms with E-state index in [2.05, 4.69) is 20.5 Å². The monoisotopic (exact) mass is 342 g/mol. The quantitative estimate of drug-likeness (QED) is 0.743. The maximum absolute atomic E-state index is 12.4. The molecule has 0 spiro atoms. The van der Waals surface area contributed by atoms with Gasteiger partial charge in [-0.25, -0.2) is 0 Å². The molecule has 0 atom stereocenters. The van der Waals surface area contributed by atoms with Crippen molar-refractivity contribution in [1.29, 1.82) is 0 Å². The Morgan fingerprint density at radius 1 is 1.21 bits per heavy atom. The molecule has 7 heteroatoms. The Kier molecular flexibility index (Phi) is 4.88. The van der Waals surface area contributed by atoms with E-state index in [9.17, 15) is 4.79 Å². The number of carbonyl (C=O) groups excluding carboxylic acids is 1. The Hall–Kier alpha value is -2.70. The summed E-state index contributed by atoms with van der Waals surface area (Å²) in [5.74, 6) is 0.371. The van der Waals surface area contributed by atoms with Gasteiger partial charge in [0.1, 0.15) is 0 Å². The van der Waals surface area contributed by atoms with Crippen LogP contribution in [0.5, 0.6) is 0 Å². The van der Waals surface area contributed by atoms with Crippen LogP contribution in [0.25, 0.3) is 11.4 Å². The van der Waals surface area contributed by atoms with Crippen LogP contribution in [0.4, 0.5) is 5.95 Å². The number of nitrogens with zero attached hydrogens (tertiary/aromatic N) is 2. The standard InChI is InChI=1S/C17H15ClN4O2/c1-24-10-11-6-2-3-7-12(11)16(23)20-17-19-15(21-22-17)13-8-4-5-9-14(13)18/h2-9H,10H2,1H3,(H2,19,20,21,22,23). The van der Waals surface area contributed by atoms with Gasteiger partial charge in [-0.2, -0.15) is 4.98 Å². The molecule has 0 fully saturated rings. The van der Waals surface area contributed by atoms with Crippen molar-refractivity contribution >= 4 is 23.5 Å². The summed E-state index contributed by atoms with van der Waals surface area (Å²) in [6.07, 6.45) is 0. The zero-order valence-corrected chi connectivity index (χ0v) is 13.7. The summed E-state index contributed by atoms with van der Waals surface area (Å²) in [5.41, 5.74) is 2.02. The highest BCUT2D eigenvalue weighted by molar-refractivity contribution is 6.33. The number of H-pyrrole nitrogens is 1. The molecule has 0 unspecified atom stereocenters. The number of ether oxygens (including phenoxy) is 1. The van der Waals surface area contributed by atoms with Gasteiger partial charge in [-0.3, -0.25) is 15.2 Å². The van der Waals surface area contributed by atoms with E-state index in [1.165, 1.54) is 0 Å². The Balaban J connectivity index is 1.80. The fourth-order valence-electron chi connectivity index (χ4n) is 2.28. The highest BCUT2D eigenvalue weighted by Gasteiger charge is 2.14. The number of aromatic nitrogens is 3. The van der Waals surface area contributed by atoms with E-state index in [0.717, 1.165) is 5.56 Å². The summed E-state index contributed by atoms with van der Waals surface area (Å²) in [6.45, 7) is 0.350. The third kappa shape index (κ3) is 3.45. The highest BCUT2D eigenvalue weighted by Crippen LogP contribution is 2.25. The lowest BCUT2D eigenvalue weighted by atomic mass is 10.1. The van der Waals surface area contributed by atoms with E-state index in [1.807, 2.05) is 30.3 Å². The minimum Gasteiger partial charge on any atom is -0.380 e. The molecule has 3 rings (SSSR count). The van der Waals surface area contributed by atoms with Gasteiger partial charge in [-0.15, -0.1) is 5.10 Å². The summed E-state index contributed by atoms with van der Waals surface area (Å²) in [7, 11) is 1.58. The summed E-state index contributed by atoms with van der Waals surface area (Å²) in [6, 6.07) is 14.5. The van der Waals surface area contributed by atoms with Gasteiger partial charge in [0, 0.05) is 18.2 Å². The van der Waals surface area contributed by atoms with E-state index in [1.54, 1.807) is 25.3 Å². The fourth-order valence-corrected chi connectivity index (χ4v) is 2.51. The first kappa shape index (κ1) is 16.2. The SMILES string of the molecule is COCc1ccccc1C(=O)Nc1n[nH]c(-c2ccccc2Cl)n1. The lowest BCUT2D eigenvalue weighted by Crippen LogP contribution is -2.15. The molecule has 0 saturated carbocycles. The second kappa shape index (κ2) is 7.25. The molecule has 122 valence electrons. The van der Waals surface area contributed by atoms with Crippen LogP contribution in [0, 0.1) is 0 Å². The third-order valence-corrected chi connectivity index (χ3v) is 3.73. The van der Waals surface area contributed by atoms with Crippen LogP contribution in [-0.2, 0) is 11.3 Å². The van der Waals surface area contributed by atoms with Gasteiger partial charge in [-0.1, -0.05) is 41.9 Å². The number of halogens is 1. The lowest BCUT2D eigenvalue weighted by molar-refractivity contribution is 0.102. The molecule has 0 aliphatic heterocycles. The topological polar surface area (TPSA) is 79.9 Å². The van der Waals surface area contributed by atoms with Crippen molar-refractivity contribution in [2.45, 2.75) is 6.61 Å². The van der Waals surface area contributed by atoms with Gasteiger partial charge in [-0.05, 0) is 23.8 Å². The highest BCUT2D eigenvalue weighted by atomic mass is 35.5. The molecule has 1 heterocycles. The predicted molar refractivity (Wildman–Crippen MR) is 91.9 cm³/mol. The van der Waals surface area contributed by atoms with Crippen LogP contribution in [0.1, 0.15) is 15.9 Å². The maximum Gasteiger partial charge on any atom is 0.258 e. The van der Waals surface area contributed by atoms with E-state index < -0.39 is 0 Å². The summed E-state index contributed by atoms with van der Waals surface area (Å²) in [5, 5.41) is 10.0. The average Bonchev–Trinajstić information content (AvgIpc) is 3.04. The van der Waals surface area contributed by atoms with E-state index in [4.69, 9.17) is 16.3 Å². The molecule has 2 N–H and O–H groups in total. The Bertz CT molecular complexity index is 863. The number of hydrogen-bond acceptors (Lipinski definition) is 4. The number of rotatable bonds is 5. The molecule has 0 saturated heterocycles. The zero-order chi connectivity index (χ0) is 16.9. The minimum atomic E-state index is -0.299. The molecule has 1 aromatic heterocycles. The predicted octanol–water partition coefficient (Wildman–Crippen LogP) is 3.52. The number of aromatic amines is 1. The lowest BCUT2D eigenvalue weighted by Gasteiger charge is -2.07. The van der Waals surface area contributed by atoms with Crippen molar-refractivity contribution in [2.75, 3.05) is 12.4 Å². The van der Waals surface area contributed by atoms with Crippen molar-refractivity contribution in [3.05, 3.63) is 64.7 Å². The third-order valence-electron chi connectivity index (χ3n) is 3.40. The first-order valence-electron chi connectivity index (χ1n) is 7.24. The maximum atomic E-state index is 12.4. The smallest absolute Gasteiger partial charge is 0.258 e. The molecule has 0 radical (unpaired) electrons. The molecule has 24 heavy (non-hydrogen) atoms. The van der Waals surface area contributed by atoms with Crippen LogP contribution < -0.4 is 5.32 Å². The normalized spacial score (nSPS) is 10.6. The van der Waals surface area contributed by atoms with Gasteiger partial charge in [0.2, 0.25) is 5.95 Å². The first-order valence-corrected chi connectivity index (χ1v) is 7.62. The molecule has 3 aromatic rings. The van der Waals surface area contributed by atoms with Gasteiger partial charge in [0.25, 0.3) is 5.91 Å². The Morgan fingerprint density at radius 3 is 2.75 bits per heavy atom. The van der Waals surface area contributed by atoms with Gasteiger partial charge < -0.3 is 4.74 Å².